The van der Waals surface area contributed by atoms with E-state index in [0.717, 1.165) is 18.7 Å². The summed E-state index contributed by atoms with van der Waals surface area (Å²) in [6.07, 6.45) is 6.74. The van der Waals surface area contributed by atoms with Gasteiger partial charge in [-0.3, -0.25) is 4.79 Å². The van der Waals surface area contributed by atoms with Crippen molar-refractivity contribution in [3.63, 3.8) is 0 Å². The van der Waals surface area contributed by atoms with Crippen LogP contribution in [0.2, 0.25) is 0 Å². The van der Waals surface area contributed by atoms with E-state index in [1.807, 2.05) is 12.1 Å². The summed E-state index contributed by atoms with van der Waals surface area (Å²) in [5.41, 5.74) is 4.96. The smallest absolute Gasteiger partial charge is 0.243 e. The summed E-state index contributed by atoms with van der Waals surface area (Å²) in [5, 5.41) is 4.14. The number of hydrogen-bond donors (Lipinski definition) is 1. The number of hydrazone groups is 1. The van der Waals surface area contributed by atoms with E-state index in [-0.39, 0.29) is 11.8 Å². The summed E-state index contributed by atoms with van der Waals surface area (Å²) < 4.78 is 0. The molecule has 0 bridgehead atoms. The number of benzene rings is 1. The molecule has 2 aliphatic carbocycles. The van der Waals surface area contributed by atoms with E-state index >= 15 is 0 Å². The summed E-state index contributed by atoms with van der Waals surface area (Å²) in [6.45, 7) is 6.32. The summed E-state index contributed by atoms with van der Waals surface area (Å²) in [4.78, 5) is 14.5. The van der Waals surface area contributed by atoms with Gasteiger partial charge in [-0.2, -0.15) is 5.10 Å². The largest absolute Gasteiger partial charge is 0.372 e. The minimum atomic E-state index is 0.109. The fourth-order valence-corrected chi connectivity index (χ4v) is 3.99. The number of anilines is 1. The Bertz CT molecular complexity index is 550. The van der Waals surface area contributed by atoms with E-state index in [9.17, 15) is 4.79 Å². The van der Waals surface area contributed by atoms with Crippen molar-refractivity contribution in [3.8, 4) is 0 Å². The van der Waals surface area contributed by atoms with Crippen molar-refractivity contribution >= 4 is 17.8 Å². The molecule has 3 rings (SSSR count). The molecule has 0 aliphatic heterocycles. The summed E-state index contributed by atoms with van der Waals surface area (Å²) in [6, 6.07) is 8.29. The van der Waals surface area contributed by atoms with Crippen LogP contribution in [-0.4, -0.2) is 25.2 Å². The Labute approximate surface area is 139 Å². The van der Waals surface area contributed by atoms with E-state index in [4.69, 9.17) is 0 Å². The van der Waals surface area contributed by atoms with Gasteiger partial charge in [0.15, 0.2) is 0 Å². The monoisotopic (exact) mass is 313 g/mol. The number of carbonyl (C=O) groups excluding carboxylic acids is 1. The number of hydrogen-bond acceptors (Lipinski definition) is 3. The van der Waals surface area contributed by atoms with Crippen molar-refractivity contribution in [2.75, 3.05) is 18.0 Å². The maximum atomic E-state index is 12.2. The van der Waals surface area contributed by atoms with Gasteiger partial charge in [0.1, 0.15) is 0 Å². The lowest BCUT2D eigenvalue weighted by atomic mass is 10.0. The standard InChI is InChI=1S/C19H27N3O/c1-3-22(4-2)15-11-9-14(10-12-15)13-20-21-19(23)18-16-7-5-6-8-17(16)18/h9-13,16-18H,3-8H2,1-2H3,(H,21,23). The zero-order valence-electron chi connectivity index (χ0n) is 14.2. The molecular weight excluding hydrogens is 286 g/mol. The van der Waals surface area contributed by atoms with E-state index in [0.29, 0.717) is 11.8 Å². The molecule has 1 N–H and O–H groups in total. The Kier molecular flexibility index (Phi) is 4.99. The van der Waals surface area contributed by atoms with Gasteiger partial charge in [0.25, 0.3) is 0 Å². The second-order valence-electron chi connectivity index (χ2n) is 6.64. The van der Waals surface area contributed by atoms with E-state index in [2.05, 4.69) is 41.4 Å². The molecule has 1 aromatic rings. The third-order valence-electron chi connectivity index (χ3n) is 5.37. The van der Waals surface area contributed by atoms with Crippen molar-refractivity contribution in [2.24, 2.45) is 22.9 Å². The van der Waals surface area contributed by atoms with Crippen LogP contribution < -0.4 is 10.3 Å². The lowest BCUT2D eigenvalue weighted by Gasteiger charge is -2.20. The third-order valence-corrected chi connectivity index (χ3v) is 5.37. The maximum absolute atomic E-state index is 12.2. The van der Waals surface area contributed by atoms with Gasteiger partial charge in [-0.05, 0) is 56.2 Å². The van der Waals surface area contributed by atoms with Crippen LogP contribution in [0.25, 0.3) is 0 Å². The molecule has 0 saturated heterocycles. The van der Waals surface area contributed by atoms with Gasteiger partial charge >= 0.3 is 0 Å². The van der Waals surface area contributed by atoms with E-state index in [1.165, 1.54) is 31.4 Å². The Hall–Kier alpha value is -1.84. The lowest BCUT2D eigenvalue weighted by molar-refractivity contribution is -0.122. The maximum Gasteiger partial charge on any atom is 0.243 e. The van der Waals surface area contributed by atoms with Gasteiger partial charge in [0, 0.05) is 24.7 Å². The SMILES string of the molecule is CCN(CC)c1ccc(C=NNC(=O)C2C3CCCCC32)cc1. The highest BCUT2D eigenvalue weighted by molar-refractivity contribution is 5.85. The molecule has 4 heteroatoms. The van der Waals surface area contributed by atoms with Crippen molar-refractivity contribution in [2.45, 2.75) is 39.5 Å². The van der Waals surface area contributed by atoms with E-state index in [1.54, 1.807) is 6.21 Å². The first-order valence-corrected chi connectivity index (χ1v) is 8.92. The minimum Gasteiger partial charge on any atom is -0.372 e. The van der Waals surface area contributed by atoms with Crippen LogP contribution in [0.3, 0.4) is 0 Å². The molecule has 0 spiro atoms. The molecule has 0 radical (unpaired) electrons. The molecule has 1 amide bonds. The van der Waals surface area contributed by atoms with Gasteiger partial charge in [-0.15, -0.1) is 0 Å². The first-order valence-electron chi connectivity index (χ1n) is 8.92. The van der Waals surface area contributed by atoms with Crippen LogP contribution in [0.15, 0.2) is 29.4 Å². The lowest BCUT2D eigenvalue weighted by Crippen LogP contribution is -2.21. The van der Waals surface area contributed by atoms with Crippen LogP contribution in [-0.2, 0) is 4.79 Å². The Morgan fingerprint density at radius 3 is 2.35 bits per heavy atom. The van der Waals surface area contributed by atoms with Crippen LogP contribution in [0.5, 0.6) is 0 Å². The van der Waals surface area contributed by atoms with E-state index < -0.39 is 0 Å². The van der Waals surface area contributed by atoms with Crippen molar-refractivity contribution < 1.29 is 4.79 Å². The van der Waals surface area contributed by atoms with Crippen molar-refractivity contribution in [1.29, 1.82) is 0 Å². The fraction of sp³-hybridized carbons (Fsp3) is 0.579. The third kappa shape index (κ3) is 3.57. The van der Waals surface area contributed by atoms with Crippen LogP contribution in [0.1, 0.15) is 45.1 Å². The Morgan fingerprint density at radius 1 is 1.17 bits per heavy atom. The molecule has 0 aromatic heterocycles. The molecule has 124 valence electrons. The minimum absolute atomic E-state index is 0.109. The number of nitrogens with one attached hydrogen (secondary N) is 1. The first-order chi connectivity index (χ1) is 11.2. The molecular formula is C19H27N3O. The Balaban J connectivity index is 1.51. The molecule has 4 nitrogen and oxygen atoms in total. The number of fused-ring (bicyclic) bond motifs is 1. The van der Waals surface area contributed by atoms with Crippen LogP contribution in [0.4, 0.5) is 5.69 Å². The van der Waals surface area contributed by atoms with Gasteiger partial charge in [0.2, 0.25) is 5.91 Å². The quantitative estimate of drug-likeness (QED) is 0.646. The van der Waals surface area contributed by atoms with Gasteiger partial charge in [-0.25, -0.2) is 5.43 Å². The molecule has 1 aromatic carbocycles. The summed E-state index contributed by atoms with van der Waals surface area (Å²) >= 11 is 0. The highest BCUT2D eigenvalue weighted by Crippen LogP contribution is 2.55. The molecule has 2 atom stereocenters. The number of nitrogens with zero attached hydrogens (tertiary/aromatic N) is 2. The predicted octanol–water partition coefficient (Wildman–Crippen LogP) is 3.42. The average molecular weight is 313 g/mol. The van der Waals surface area contributed by atoms with Gasteiger partial charge < -0.3 is 4.90 Å². The zero-order chi connectivity index (χ0) is 16.2. The second kappa shape index (κ2) is 7.16. The summed E-state index contributed by atoms with van der Waals surface area (Å²) in [7, 11) is 0. The molecule has 23 heavy (non-hydrogen) atoms. The van der Waals surface area contributed by atoms with Crippen molar-refractivity contribution in [3.05, 3.63) is 29.8 Å². The summed E-state index contributed by atoms with van der Waals surface area (Å²) in [5.74, 6) is 1.59. The Morgan fingerprint density at radius 2 is 1.78 bits per heavy atom. The molecule has 0 heterocycles. The molecule has 2 fully saturated rings. The second-order valence-corrected chi connectivity index (χ2v) is 6.64. The normalized spacial score (nSPS) is 25.9. The van der Waals surface area contributed by atoms with Crippen LogP contribution in [0, 0.1) is 17.8 Å². The number of rotatable bonds is 6. The fourth-order valence-electron chi connectivity index (χ4n) is 3.99. The molecule has 2 aliphatic rings. The topological polar surface area (TPSA) is 44.7 Å². The van der Waals surface area contributed by atoms with Gasteiger partial charge in [0.05, 0.1) is 6.21 Å². The highest BCUT2D eigenvalue weighted by Gasteiger charge is 2.54. The predicted molar refractivity (Wildman–Crippen MR) is 94.7 cm³/mol. The highest BCUT2D eigenvalue weighted by atomic mass is 16.2. The first kappa shape index (κ1) is 16.0. The van der Waals surface area contributed by atoms with Gasteiger partial charge in [-0.1, -0.05) is 25.0 Å². The molecule has 2 saturated carbocycles. The zero-order valence-corrected chi connectivity index (χ0v) is 14.2. The molecule has 2 unspecified atom stereocenters. The van der Waals surface area contributed by atoms with Crippen LogP contribution >= 0.6 is 0 Å². The average Bonchev–Trinajstić information content (AvgIpc) is 3.32. The van der Waals surface area contributed by atoms with Crippen molar-refractivity contribution in [1.82, 2.24) is 5.43 Å². The number of amides is 1. The number of carbonyl (C=O) groups is 1.